The molecule has 1 aliphatic rings. The molecule has 7 nitrogen and oxygen atoms in total. The van der Waals surface area contributed by atoms with Gasteiger partial charge < -0.3 is 15.1 Å². The first-order chi connectivity index (χ1) is 17.1. The summed E-state index contributed by atoms with van der Waals surface area (Å²) in [5.74, 6) is 1.10. The molecule has 0 spiro atoms. The summed E-state index contributed by atoms with van der Waals surface area (Å²) in [5, 5.41) is 2.99. The number of rotatable bonds is 5. The minimum Gasteiger partial charge on any atom is -0.351 e. The Bertz CT molecular complexity index is 1330. The summed E-state index contributed by atoms with van der Waals surface area (Å²) in [6.45, 7) is 2.82. The number of nitrogens with one attached hydrogen (secondary N) is 1. The fourth-order valence-corrected chi connectivity index (χ4v) is 4.23. The zero-order valence-corrected chi connectivity index (χ0v) is 19.7. The minimum atomic E-state index is -0.295. The Hall–Kier alpha value is -3.78. The molecule has 35 heavy (non-hydrogen) atoms. The molecule has 1 saturated heterocycles. The summed E-state index contributed by atoms with van der Waals surface area (Å²) in [4.78, 5) is 30.6. The van der Waals surface area contributed by atoms with Gasteiger partial charge in [-0.1, -0.05) is 30.3 Å². The van der Waals surface area contributed by atoms with Gasteiger partial charge in [0.1, 0.15) is 17.2 Å². The molecule has 0 bridgehead atoms. The van der Waals surface area contributed by atoms with Gasteiger partial charge in [0.25, 0.3) is 0 Å². The van der Waals surface area contributed by atoms with Crippen molar-refractivity contribution in [1.29, 1.82) is 0 Å². The van der Waals surface area contributed by atoms with E-state index in [-0.39, 0.29) is 17.7 Å². The van der Waals surface area contributed by atoms with E-state index in [4.69, 9.17) is 16.6 Å². The van der Waals surface area contributed by atoms with Crippen LogP contribution in [0.4, 0.5) is 15.0 Å². The van der Waals surface area contributed by atoms with E-state index in [1.165, 1.54) is 12.1 Å². The number of benzene rings is 2. The van der Waals surface area contributed by atoms with Crippen LogP contribution in [0.1, 0.15) is 11.4 Å². The lowest BCUT2D eigenvalue weighted by Crippen LogP contribution is -2.52. The smallest absolute Gasteiger partial charge is 0.317 e. The van der Waals surface area contributed by atoms with E-state index in [0.29, 0.717) is 61.1 Å². The molecule has 1 aliphatic heterocycles. The van der Waals surface area contributed by atoms with Crippen molar-refractivity contribution in [2.45, 2.75) is 12.4 Å². The van der Waals surface area contributed by atoms with Gasteiger partial charge in [-0.3, -0.25) is 0 Å². The van der Waals surface area contributed by atoms with Crippen LogP contribution in [0.2, 0.25) is 0 Å². The molecular weight excluding hydrogens is 467 g/mol. The van der Waals surface area contributed by atoms with E-state index in [1.54, 1.807) is 12.1 Å². The molecule has 0 radical (unpaired) electrons. The highest BCUT2D eigenvalue weighted by Gasteiger charge is 2.24. The number of urea groups is 1. The Morgan fingerprint density at radius 1 is 0.914 bits per heavy atom. The fraction of sp³-hybridized carbons (Fsp3) is 0.231. The summed E-state index contributed by atoms with van der Waals surface area (Å²) in [6.07, 6.45) is 0. The molecule has 3 heterocycles. The highest BCUT2D eigenvalue weighted by Crippen LogP contribution is 2.27. The number of aromatic nitrogens is 3. The lowest BCUT2D eigenvalue weighted by Gasteiger charge is -2.35. The normalized spacial score (nSPS) is 13.8. The number of pyridine rings is 1. The molecule has 1 N–H and O–H groups in total. The Labute approximate surface area is 207 Å². The van der Waals surface area contributed by atoms with Crippen LogP contribution in [-0.4, -0.2) is 52.1 Å². The molecule has 2 amide bonds. The van der Waals surface area contributed by atoms with Gasteiger partial charge in [-0.2, -0.15) is 0 Å². The maximum Gasteiger partial charge on any atom is 0.317 e. The molecule has 0 saturated carbocycles. The van der Waals surface area contributed by atoms with E-state index in [0.717, 1.165) is 11.1 Å². The number of carbonyl (C=O) groups is 1. The Kier molecular flexibility index (Phi) is 6.72. The molecule has 0 unspecified atom stereocenters. The second-order valence-corrected chi connectivity index (χ2v) is 8.55. The van der Waals surface area contributed by atoms with Crippen molar-refractivity contribution >= 4 is 34.5 Å². The molecule has 178 valence electrons. The minimum absolute atomic E-state index is 0.0841. The summed E-state index contributed by atoms with van der Waals surface area (Å²) < 4.78 is 13.4. The average molecular weight is 491 g/mol. The van der Waals surface area contributed by atoms with Crippen molar-refractivity contribution in [1.82, 2.24) is 25.2 Å². The van der Waals surface area contributed by atoms with E-state index < -0.39 is 0 Å². The van der Waals surface area contributed by atoms with Gasteiger partial charge in [-0.15, -0.1) is 11.6 Å². The van der Waals surface area contributed by atoms with Crippen molar-refractivity contribution in [2.24, 2.45) is 0 Å². The Balaban J connectivity index is 1.34. The van der Waals surface area contributed by atoms with Crippen molar-refractivity contribution < 1.29 is 9.18 Å². The molecule has 2 aromatic heterocycles. The number of piperazine rings is 1. The van der Waals surface area contributed by atoms with Crippen molar-refractivity contribution in [3.63, 3.8) is 0 Å². The first-order valence-corrected chi connectivity index (χ1v) is 12.0. The maximum absolute atomic E-state index is 13.4. The lowest BCUT2D eigenvalue weighted by molar-refractivity contribution is 0.194. The van der Waals surface area contributed by atoms with Gasteiger partial charge in [-0.25, -0.2) is 24.1 Å². The molecule has 0 aliphatic carbocycles. The predicted molar refractivity (Wildman–Crippen MR) is 135 cm³/mol. The third-order valence-electron chi connectivity index (χ3n) is 5.98. The number of hydrogen-bond donors (Lipinski definition) is 1. The highest BCUT2D eigenvalue weighted by atomic mass is 35.5. The monoisotopic (exact) mass is 490 g/mol. The van der Waals surface area contributed by atoms with E-state index in [1.807, 2.05) is 47.4 Å². The van der Waals surface area contributed by atoms with Crippen molar-refractivity contribution in [3.05, 3.63) is 83.9 Å². The van der Waals surface area contributed by atoms with Crippen LogP contribution < -0.4 is 10.2 Å². The second kappa shape index (κ2) is 10.2. The Morgan fingerprint density at radius 3 is 2.37 bits per heavy atom. The van der Waals surface area contributed by atoms with Crippen LogP contribution in [0.15, 0.2) is 66.7 Å². The number of anilines is 1. The largest absolute Gasteiger partial charge is 0.351 e. The van der Waals surface area contributed by atoms with Crippen LogP contribution in [0.25, 0.3) is 22.3 Å². The summed E-state index contributed by atoms with van der Waals surface area (Å²) >= 11 is 6.07. The van der Waals surface area contributed by atoms with Crippen molar-refractivity contribution in [2.75, 3.05) is 31.1 Å². The average Bonchev–Trinajstić information content (AvgIpc) is 2.92. The standard InChI is InChI=1S/C26H24ClFN6O/c27-16-23-30-22-11-10-21(19-6-8-20(28)9-7-19)31-24(22)25(32-23)33-12-14-34(15-13-33)26(35)29-17-18-4-2-1-3-5-18/h1-11H,12-17H2,(H,29,35). The quantitative estimate of drug-likeness (QED) is 0.414. The molecular formula is C26H24ClFN6O. The number of alkyl halides is 1. The van der Waals surface area contributed by atoms with Gasteiger partial charge in [0.05, 0.1) is 17.1 Å². The molecule has 9 heteroatoms. The first kappa shape index (κ1) is 23.0. The topological polar surface area (TPSA) is 74.2 Å². The van der Waals surface area contributed by atoms with Crippen molar-refractivity contribution in [3.8, 4) is 11.3 Å². The molecule has 0 atom stereocenters. The van der Waals surface area contributed by atoms with Crippen LogP contribution in [0.5, 0.6) is 0 Å². The van der Waals surface area contributed by atoms with Crippen LogP contribution in [0.3, 0.4) is 0 Å². The SMILES string of the molecule is O=C(NCc1ccccc1)N1CCN(c2nc(CCl)nc3ccc(-c4ccc(F)cc4)nc23)CC1. The second-order valence-electron chi connectivity index (χ2n) is 8.29. The predicted octanol–water partition coefficient (Wildman–Crippen LogP) is 4.60. The zero-order chi connectivity index (χ0) is 24.2. The van der Waals surface area contributed by atoms with E-state index >= 15 is 0 Å². The summed E-state index contributed by atoms with van der Waals surface area (Å²) in [7, 11) is 0. The van der Waals surface area contributed by atoms with Crippen LogP contribution >= 0.6 is 11.6 Å². The Morgan fingerprint density at radius 2 is 1.66 bits per heavy atom. The van der Waals surface area contributed by atoms with Gasteiger partial charge in [-0.05, 0) is 42.0 Å². The number of hydrogen-bond acceptors (Lipinski definition) is 5. The number of amides is 2. The van der Waals surface area contributed by atoms with Crippen LogP contribution in [-0.2, 0) is 12.4 Å². The van der Waals surface area contributed by atoms with Gasteiger partial charge in [0, 0.05) is 38.3 Å². The molecule has 4 aromatic rings. The number of carbonyl (C=O) groups excluding carboxylic acids is 1. The molecule has 2 aromatic carbocycles. The van der Waals surface area contributed by atoms with Gasteiger partial charge in [0.15, 0.2) is 5.82 Å². The fourth-order valence-electron chi connectivity index (χ4n) is 4.11. The summed E-state index contributed by atoms with van der Waals surface area (Å²) in [6, 6.07) is 19.7. The van der Waals surface area contributed by atoms with Gasteiger partial charge in [0.2, 0.25) is 0 Å². The first-order valence-electron chi connectivity index (χ1n) is 11.4. The third-order valence-corrected chi connectivity index (χ3v) is 6.22. The number of fused-ring (bicyclic) bond motifs is 1. The van der Waals surface area contributed by atoms with Crippen LogP contribution in [0, 0.1) is 5.82 Å². The van der Waals surface area contributed by atoms with E-state index in [2.05, 4.69) is 20.2 Å². The van der Waals surface area contributed by atoms with Gasteiger partial charge >= 0.3 is 6.03 Å². The molecule has 1 fully saturated rings. The lowest BCUT2D eigenvalue weighted by atomic mass is 10.1. The number of nitrogens with zero attached hydrogens (tertiary/aromatic N) is 5. The van der Waals surface area contributed by atoms with E-state index in [9.17, 15) is 9.18 Å². The maximum atomic E-state index is 13.4. The molecule has 5 rings (SSSR count). The highest BCUT2D eigenvalue weighted by molar-refractivity contribution is 6.16. The third kappa shape index (κ3) is 5.17. The summed E-state index contributed by atoms with van der Waals surface area (Å²) in [5.41, 5.74) is 3.92. The zero-order valence-electron chi connectivity index (χ0n) is 19.0. The number of halogens is 2.